The van der Waals surface area contributed by atoms with Crippen LogP contribution >= 0.6 is 34.3 Å². The van der Waals surface area contributed by atoms with Crippen LogP contribution < -0.4 is 0 Å². The Morgan fingerprint density at radius 1 is 1.25 bits per heavy atom. The number of hydrogen-bond acceptors (Lipinski definition) is 4. The fourth-order valence-electron chi connectivity index (χ4n) is 2.40. The summed E-state index contributed by atoms with van der Waals surface area (Å²) in [4.78, 5) is 20.2. The van der Waals surface area contributed by atoms with E-state index < -0.39 is 0 Å². The van der Waals surface area contributed by atoms with E-state index in [-0.39, 0.29) is 5.91 Å². The lowest BCUT2D eigenvalue weighted by molar-refractivity contribution is -0.130. The smallest absolute Gasteiger partial charge is 0.228 e. The van der Waals surface area contributed by atoms with Gasteiger partial charge in [-0.3, -0.25) is 4.79 Å². The predicted octanol–water partition coefficient (Wildman–Crippen LogP) is 5.12. The van der Waals surface area contributed by atoms with Gasteiger partial charge in [-0.1, -0.05) is 29.8 Å². The summed E-state index contributed by atoms with van der Waals surface area (Å²) >= 11 is 9.27. The van der Waals surface area contributed by atoms with E-state index in [0.29, 0.717) is 24.5 Å². The molecule has 124 valence electrons. The third-order valence-corrected chi connectivity index (χ3v) is 5.78. The summed E-state index contributed by atoms with van der Waals surface area (Å²) < 4.78 is 0. The van der Waals surface area contributed by atoms with Gasteiger partial charge in [-0.25, -0.2) is 4.98 Å². The molecule has 6 heteroatoms. The molecule has 0 saturated carbocycles. The second kappa shape index (κ2) is 7.92. The highest BCUT2D eigenvalue weighted by Crippen LogP contribution is 2.28. The van der Waals surface area contributed by atoms with E-state index in [0.717, 1.165) is 21.1 Å². The van der Waals surface area contributed by atoms with Crippen LogP contribution in [0.1, 0.15) is 18.2 Å². The van der Waals surface area contributed by atoms with E-state index in [9.17, 15) is 4.79 Å². The van der Waals surface area contributed by atoms with Gasteiger partial charge in [-0.2, -0.15) is 0 Å². The summed E-state index contributed by atoms with van der Waals surface area (Å²) in [6, 6.07) is 11.7. The van der Waals surface area contributed by atoms with Crippen LogP contribution in [0, 0.1) is 0 Å². The zero-order valence-corrected chi connectivity index (χ0v) is 15.6. The Bertz CT molecular complexity index is 814. The average Bonchev–Trinajstić information content (AvgIpc) is 3.23. The first-order chi connectivity index (χ1) is 11.7. The van der Waals surface area contributed by atoms with Crippen molar-refractivity contribution in [2.75, 3.05) is 6.54 Å². The lowest BCUT2D eigenvalue weighted by Gasteiger charge is -2.20. The second-order valence-electron chi connectivity index (χ2n) is 5.34. The molecule has 3 rings (SSSR count). The highest BCUT2D eigenvalue weighted by Gasteiger charge is 2.15. The number of halogens is 1. The molecule has 0 aliphatic rings. The molecule has 0 N–H and O–H groups in total. The Morgan fingerprint density at radius 3 is 2.83 bits per heavy atom. The first kappa shape index (κ1) is 17.1. The molecule has 0 bridgehead atoms. The predicted molar refractivity (Wildman–Crippen MR) is 102 cm³/mol. The van der Waals surface area contributed by atoms with Crippen molar-refractivity contribution in [3.05, 3.63) is 63.4 Å². The third kappa shape index (κ3) is 4.23. The maximum Gasteiger partial charge on any atom is 0.228 e. The molecule has 0 radical (unpaired) electrons. The molecule has 0 fully saturated rings. The van der Waals surface area contributed by atoms with Gasteiger partial charge in [0, 0.05) is 23.5 Å². The summed E-state index contributed by atoms with van der Waals surface area (Å²) in [7, 11) is 0. The summed E-state index contributed by atoms with van der Waals surface area (Å²) in [6.45, 7) is 3.21. The van der Waals surface area contributed by atoms with Gasteiger partial charge in [-0.05, 0) is 36.1 Å². The Kier molecular flexibility index (Phi) is 5.66. The molecule has 2 heterocycles. The van der Waals surface area contributed by atoms with Crippen molar-refractivity contribution in [2.45, 2.75) is 19.9 Å². The molecular weight excluding hydrogens is 360 g/mol. The van der Waals surface area contributed by atoms with E-state index in [1.54, 1.807) is 22.7 Å². The van der Waals surface area contributed by atoms with E-state index in [2.05, 4.69) is 4.98 Å². The van der Waals surface area contributed by atoms with E-state index >= 15 is 0 Å². The molecule has 0 atom stereocenters. The zero-order valence-electron chi connectivity index (χ0n) is 13.2. The van der Waals surface area contributed by atoms with Crippen LogP contribution in [0.15, 0.2) is 47.2 Å². The number of carbonyl (C=O) groups is 1. The first-order valence-corrected chi connectivity index (χ1v) is 9.80. The molecule has 1 aromatic carbocycles. The number of nitrogens with zero attached hydrogens (tertiary/aromatic N) is 2. The molecule has 3 aromatic rings. The lowest BCUT2D eigenvalue weighted by Crippen LogP contribution is -2.31. The van der Waals surface area contributed by atoms with Crippen molar-refractivity contribution in [3.63, 3.8) is 0 Å². The summed E-state index contributed by atoms with van der Waals surface area (Å²) in [6.07, 6.45) is 0.330. The third-order valence-electron chi connectivity index (χ3n) is 3.61. The van der Waals surface area contributed by atoms with Gasteiger partial charge in [0.1, 0.15) is 5.01 Å². The van der Waals surface area contributed by atoms with Crippen LogP contribution in [-0.4, -0.2) is 22.3 Å². The number of thiophene rings is 1. The first-order valence-electron chi connectivity index (χ1n) is 7.66. The highest BCUT2D eigenvalue weighted by atomic mass is 35.5. The number of thiazole rings is 1. The average molecular weight is 377 g/mol. The summed E-state index contributed by atoms with van der Waals surface area (Å²) in [5.74, 6) is 0.0838. The van der Waals surface area contributed by atoms with Crippen molar-refractivity contribution in [2.24, 2.45) is 0 Å². The van der Waals surface area contributed by atoms with Crippen LogP contribution in [0.2, 0.25) is 5.02 Å². The number of rotatable bonds is 6. The molecule has 0 unspecified atom stereocenters. The van der Waals surface area contributed by atoms with Gasteiger partial charge in [0.05, 0.1) is 17.0 Å². The maximum absolute atomic E-state index is 12.6. The van der Waals surface area contributed by atoms with Gasteiger partial charge in [0.15, 0.2) is 0 Å². The highest BCUT2D eigenvalue weighted by molar-refractivity contribution is 7.20. The summed E-state index contributed by atoms with van der Waals surface area (Å²) in [5, 5.41) is 5.67. The van der Waals surface area contributed by atoms with Crippen molar-refractivity contribution in [1.82, 2.24) is 9.88 Å². The Balaban J connectivity index is 1.66. The number of benzene rings is 1. The largest absolute Gasteiger partial charge is 0.338 e. The molecule has 1 amide bonds. The normalized spacial score (nSPS) is 10.8. The number of likely N-dealkylation sites (N-methyl/N-ethyl adjacent to an activating group) is 1. The van der Waals surface area contributed by atoms with Gasteiger partial charge >= 0.3 is 0 Å². The topological polar surface area (TPSA) is 33.2 Å². The molecular formula is C18H17ClN2OS2. The van der Waals surface area contributed by atoms with Crippen LogP contribution in [0.4, 0.5) is 0 Å². The number of hydrogen-bond donors (Lipinski definition) is 0. The van der Waals surface area contributed by atoms with Crippen LogP contribution in [-0.2, 0) is 17.8 Å². The lowest BCUT2D eigenvalue weighted by atomic mass is 10.2. The number of carbonyl (C=O) groups excluding carboxylic acids is 1. The molecule has 0 aliphatic heterocycles. The molecule has 0 saturated heterocycles. The molecule has 3 nitrogen and oxygen atoms in total. The monoisotopic (exact) mass is 376 g/mol. The second-order valence-corrected chi connectivity index (χ2v) is 7.58. The number of aromatic nitrogens is 1. The quantitative estimate of drug-likeness (QED) is 0.598. The van der Waals surface area contributed by atoms with Crippen molar-refractivity contribution in [3.8, 4) is 9.88 Å². The zero-order chi connectivity index (χ0) is 16.9. The minimum Gasteiger partial charge on any atom is -0.338 e. The SMILES string of the molecule is CCN(Cc1cccc(Cl)c1)C(=O)Cc1csc(-c2cccs2)n1. The van der Waals surface area contributed by atoms with Crippen LogP contribution in [0.3, 0.4) is 0 Å². The van der Waals surface area contributed by atoms with Gasteiger partial charge < -0.3 is 4.90 Å². The minimum absolute atomic E-state index is 0.0838. The number of amides is 1. The standard InChI is InChI=1S/C18H17ClN2OS2/c1-2-21(11-13-5-3-6-14(19)9-13)17(22)10-15-12-24-18(20-15)16-7-4-8-23-16/h3-9,12H,2,10-11H2,1H3. The molecule has 0 spiro atoms. The Labute approximate surface area is 154 Å². The molecule has 24 heavy (non-hydrogen) atoms. The minimum atomic E-state index is 0.0838. The van der Waals surface area contributed by atoms with Gasteiger partial charge in [-0.15, -0.1) is 22.7 Å². The van der Waals surface area contributed by atoms with E-state index in [4.69, 9.17) is 11.6 Å². The van der Waals surface area contributed by atoms with Crippen molar-refractivity contribution < 1.29 is 4.79 Å². The van der Waals surface area contributed by atoms with Crippen LogP contribution in [0.5, 0.6) is 0 Å². The van der Waals surface area contributed by atoms with E-state index in [1.165, 1.54) is 0 Å². The fraction of sp³-hybridized carbons (Fsp3) is 0.222. The van der Waals surface area contributed by atoms with Crippen molar-refractivity contribution >= 4 is 40.2 Å². The van der Waals surface area contributed by atoms with Gasteiger partial charge in [0.25, 0.3) is 0 Å². The van der Waals surface area contributed by atoms with Gasteiger partial charge in [0.2, 0.25) is 5.91 Å². The Morgan fingerprint density at radius 2 is 2.12 bits per heavy atom. The Hall–Kier alpha value is -1.69. The maximum atomic E-state index is 12.6. The molecule has 2 aromatic heterocycles. The van der Waals surface area contributed by atoms with Crippen molar-refractivity contribution in [1.29, 1.82) is 0 Å². The van der Waals surface area contributed by atoms with E-state index in [1.807, 2.05) is 59.0 Å². The molecule has 0 aliphatic carbocycles. The fourth-order valence-corrected chi connectivity index (χ4v) is 4.25. The van der Waals surface area contributed by atoms with Crippen LogP contribution in [0.25, 0.3) is 9.88 Å². The summed E-state index contributed by atoms with van der Waals surface area (Å²) in [5.41, 5.74) is 1.87.